The van der Waals surface area contributed by atoms with Crippen LogP contribution < -0.4 is 10.9 Å². The summed E-state index contributed by atoms with van der Waals surface area (Å²) in [6.45, 7) is 7.12. The topological polar surface area (TPSA) is 51.1 Å². The Morgan fingerprint density at radius 3 is 2.45 bits per heavy atom. The Bertz CT molecular complexity index is 709. The molecule has 0 saturated carbocycles. The van der Waals surface area contributed by atoms with Crippen molar-refractivity contribution in [3.63, 3.8) is 0 Å². The van der Waals surface area contributed by atoms with Gasteiger partial charge < -0.3 is 9.88 Å². The van der Waals surface area contributed by atoms with Gasteiger partial charge in [-0.15, -0.1) is 0 Å². The van der Waals surface area contributed by atoms with Gasteiger partial charge >= 0.3 is 0 Å². The van der Waals surface area contributed by atoms with E-state index in [-0.39, 0.29) is 11.5 Å². The van der Waals surface area contributed by atoms with Crippen molar-refractivity contribution in [3.05, 3.63) is 69.1 Å². The first kappa shape index (κ1) is 16.0. The maximum absolute atomic E-state index is 12.0. The molecule has 116 valence electrons. The predicted molar refractivity (Wildman–Crippen MR) is 87.8 cm³/mol. The van der Waals surface area contributed by atoms with Crippen molar-refractivity contribution in [1.82, 2.24) is 9.88 Å². The Morgan fingerprint density at radius 1 is 1.14 bits per heavy atom. The zero-order valence-electron chi connectivity index (χ0n) is 13.3. The Hall–Kier alpha value is -2.36. The Balaban J connectivity index is 1.91. The minimum absolute atomic E-state index is 0.0462. The third-order valence-corrected chi connectivity index (χ3v) is 3.78. The lowest BCUT2D eigenvalue weighted by Gasteiger charge is -2.12. The van der Waals surface area contributed by atoms with Crippen molar-refractivity contribution in [2.24, 2.45) is 0 Å². The first-order chi connectivity index (χ1) is 10.5. The number of carbonyl (C=O) groups is 1. The maximum atomic E-state index is 12.0. The number of nitrogens with zero attached hydrogens (tertiary/aromatic N) is 1. The van der Waals surface area contributed by atoms with E-state index in [4.69, 9.17) is 0 Å². The van der Waals surface area contributed by atoms with Gasteiger partial charge in [0.05, 0.1) is 0 Å². The second-order valence-electron chi connectivity index (χ2n) is 5.64. The Kier molecular flexibility index (Phi) is 5.15. The van der Waals surface area contributed by atoms with Crippen LogP contribution in [-0.2, 0) is 17.9 Å². The fourth-order valence-electron chi connectivity index (χ4n) is 2.63. The molecular formula is C18H22N2O2. The highest BCUT2D eigenvalue weighted by Crippen LogP contribution is 2.16. The molecule has 0 aliphatic heterocycles. The van der Waals surface area contributed by atoms with Gasteiger partial charge in [0.15, 0.2) is 0 Å². The molecule has 0 aliphatic carbocycles. The summed E-state index contributed by atoms with van der Waals surface area (Å²) in [4.78, 5) is 23.5. The molecule has 0 fully saturated rings. The van der Waals surface area contributed by atoms with Gasteiger partial charge in [-0.3, -0.25) is 9.59 Å². The molecule has 1 amide bonds. The van der Waals surface area contributed by atoms with E-state index in [0.29, 0.717) is 19.5 Å². The Labute approximate surface area is 130 Å². The number of benzene rings is 1. The van der Waals surface area contributed by atoms with Crippen molar-refractivity contribution in [3.8, 4) is 0 Å². The molecule has 1 N–H and O–H groups in total. The molecule has 4 nitrogen and oxygen atoms in total. The fourth-order valence-corrected chi connectivity index (χ4v) is 2.63. The average molecular weight is 298 g/mol. The van der Waals surface area contributed by atoms with Gasteiger partial charge in [-0.2, -0.15) is 0 Å². The van der Waals surface area contributed by atoms with Crippen LogP contribution in [0.2, 0.25) is 0 Å². The molecule has 2 aromatic rings. The minimum atomic E-state index is -0.0828. The summed E-state index contributed by atoms with van der Waals surface area (Å²) in [7, 11) is 0. The molecule has 22 heavy (non-hydrogen) atoms. The van der Waals surface area contributed by atoms with E-state index in [9.17, 15) is 9.59 Å². The number of carbonyl (C=O) groups excluding carboxylic acids is 1. The normalized spacial score (nSPS) is 10.5. The maximum Gasteiger partial charge on any atom is 0.250 e. The molecule has 1 aromatic carbocycles. The highest BCUT2D eigenvalue weighted by Gasteiger charge is 2.07. The van der Waals surface area contributed by atoms with Gasteiger partial charge in [-0.05, 0) is 43.5 Å². The zero-order chi connectivity index (χ0) is 16.1. The molecule has 1 aromatic heterocycles. The van der Waals surface area contributed by atoms with Crippen LogP contribution in [0.25, 0.3) is 0 Å². The van der Waals surface area contributed by atoms with E-state index < -0.39 is 0 Å². The molecule has 0 atom stereocenters. The quantitative estimate of drug-likeness (QED) is 0.922. The second kappa shape index (κ2) is 7.07. The summed E-state index contributed by atoms with van der Waals surface area (Å²) in [5, 5.41) is 2.94. The number of pyridine rings is 1. The number of amides is 1. The van der Waals surface area contributed by atoms with Crippen molar-refractivity contribution in [2.75, 3.05) is 0 Å². The lowest BCUT2D eigenvalue weighted by molar-refractivity contribution is -0.121. The van der Waals surface area contributed by atoms with E-state index in [2.05, 4.69) is 38.2 Å². The van der Waals surface area contributed by atoms with E-state index >= 15 is 0 Å². The SMILES string of the molecule is Cc1cc(C)c(CNC(=O)CCn2ccccc2=O)c(C)c1. The first-order valence-electron chi connectivity index (χ1n) is 7.46. The van der Waals surface area contributed by atoms with Crippen molar-refractivity contribution in [2.45, 2.75) is 40.3 Å². The molecule has 4 heteroatoms. The fraction of sp³-hybridized carbons (Fsp3) is 0.333. The Morgan fingerprint density at radius 2 is 1.82 bits per heavy atom. The third kappa shape index (κ3) is 4.07. The predicted octanol–water partition coefficient (Wildman–Crippen LogP) is 2.48. The number of hydrogen-bond acceptors (Lipinski definition) is 2. The average Bonchev–Trinajstić information content (AvgIpc) is 2.45. The van der Waals surface area contributed by atoms with E-state index in [1.54, 1.807) is 22.9 Å². The van der Waals surface area contributed by atoms with Gasteiger partial charge in [0.1, 0.15) is 0 Å². The van der Waals surface area contributed by atoms with Crippen LogP contribution in [-0.4, -0.2) is 10.5 Å². The summed E-state index contributed by atoms with van der Waals surface area (Å²) in [5.74, 6) is -0.0462. The van der Waals surface area contributed by atoms with E-state index in [1.807, 2.05) is 0 Å². The van der Waals surface area contributed by atoms with Crippen LogP contribution in [0.5, 0.6) is 0 Å². The third-order valence-electron chi connectivity index (χ3n) is 3.78. The van der Waals surface area contributed by atoms with Gasteiger partial charge in [0.25, 0.3) is 5.56 Å². The monoisotopic (exact) mass is 298 g/mol. The van der Waals surface area contributed by atoms with Gasteiger partial charge in [0.2, 0.25) is 5.91 Å². The first-order valence-corrected chi connectivity index (χ1v) is 7.46. The van der Waals surface area contributed by atoms with E-state index in [0.717, 1.165) is 5.56 Å². The summed E-state index contributed by atoms with van der Waals surface area (Å²) in [5.41, 5.74) is 4.69. The number of nitrogens with one attached hydrogen (secondary N) is 1. The van der Waals surface area contributed by atoms with Gasteiger partial charge in [-0.1, -0.05) is 23.8 Å². The minimum Gasteiger partial charge on any atom is -0.352 e. The van der Waals surface area contributed by atoms with Crippen LogP contribution in [0.3, 0.4) is 0 Å². The second-order valence-corrected chi connectivity index (χ2v) is 5.64. The molecule has 2 rings (SSSR count). The summed E-state index contributed by atoms with van der Waals surface area (Å²) in [6, 6.07) is 9.23. The largest absolute Gasteiger partial charge is 0.352 e. The van der Waals surface area contributed by atoms with Crippen LogP contribution in [0.15, 0.2) is 41.3 Å². The standard InChI is InChI=1S/C18H22N2O2/c1-13-10-14(2)16(15(3)11-13)12-19-17(21)7-9-20-8-5-4-6-18(20)22/h4-6,8,10-11H,7,9,12H2,1-3H3,(H,19,21). The molecule has 0 radical (unpaired) electrons. The van der Waals surface area contributed by atoms with E-state index in [1.165, 1.54) is 22.8 Å². The highest BCUT2D eigenvalue weighted by atomic mass is 16.1. The molecule has 0 aliphatic rings. The number of aryl methyl sites for hydroxylation is 4. The lowest BCUT2D eigenvalue weighted by atomic mass is 10.00. The van der Waals surface area contributed by atoms with Crippen LogP contribution in [0.4, 0.5) is 0 Å². The van der Waals surface area contributed by atoms with Crippen molar-refractivity contribution >= 4 is 5.91 Å². The van der Waals surface area contributed by atoms with Crippen LogP contribution in [0, 0.1) is 20.8 Å². The molecule has 0 spiro atoms. The number of aromatic nitrogens is 1. The summed E-state index contributed by atoms with van der Waals surface area (Å²) in [6.07, 6.45) is 2.00. The molecule has 0 saturated heterocycles. The zero-order valence-corrected chi connectivity index (χ0v) is 13.3. The molecule has 0 unspecified atom stereocenters. The summed E-state index contributed by atoms with van der Waals surface area (Å²) >= 11 is 0. The van der Waals surface area contributed by atoms with Gasteiger partial charge in [-0.25, -0.2) is 0 Å². The molecule has 1 heterocycles. The number of rotatable bonds is 5. The van der Waals surface area contributed by atoms with Crippen molar-refractivity contribution < 1.29 is 4.79 Å². The van der Waals surface area contributed by atoms with Crippen LogP contribution in [0.1, 0.15) is 28.7 Å². The van der Waals surface area contributed by atoms with Crippen molar-refractivity contribution in [1.29, 1.82) is 0 Å². The molecule has 0 bridgehead atoms. The smallest absolute Gasteiger partial charge is 0.250 e. The summed E-state index contributed by atoms with van der Waals surface area (Å²) < 4.78 is 1.54. The molecular weight excluding hydrogens is 276 g/mol. The van der Waals surface area contributed by atoms with Crippen LogP contribution >= 0.6 is 0 Å². The number of hydrogen-bond donors (Lipinski definition) is 1. The highest BCUT2D eigenvalue weighted by molar-refractivity contribution is 5.75. The van der Waals surface area contributed by atoms with Gasteiger partial charge in [0, 0.05) is 31.8 Å². The lowest BCUT2D eigenvalue weighted by Crippen LogP contribution is -2.27.